The van der Waals surface area contributed by atoms with Gasteiger partial charge in [-0.1, -0.05) is 40.9 Å². The van der Waals surface area contributed by atoms with Crippen LogP contribution in [0.4, 0.5) is 4.79 Å². The van der Waals surface area contributed by atoms with Crippen LogP contribution in [0.25, 0.3) is 0 Å². The van der Waals surface area contributed by atoms with Gasteiger partial charge in [-0.15, -0.1) is 0 Å². The zero-order valence-electron chi connectivity index (χ0n) is 25.3. The smallest absolute Gasteiger partial charge is 0.408 e. The second kappa shape index (κ2) is 13.6. The number of carbonyl (C=O) groups excluding carboxylic acids is 4. The molecule has 12 nitrogen and oxygen atoms in total. The number of esters is 1. The first-order valence-corrected chi connectivity index (χ1v) is 16.9. The van der Waals surface area contributed by atoms with E-state index in [-0.39, 0.29) is 30.2 Å². The van der Waals surface area contributed by atoms with Crippen LogP contribution in [0, 0.1) is 5.92 Å². The maximum absolute atomic E-state index is 14.1. The first-order chi connectivity index (χ1) is 20.6. The molecule has 3 aliphatic rings. The van der Waals surface area contributed by atoms with Crippen LogP contribution < -0.4 is 10.6 Å². The molecule has 1 saturated heterocycles. The Hall–Kier alpha value is -2.97. The van der Waals surface area contributed by atoms with Crippen molar-refractivity contribution in [2.45, 2.75) is 99.9 Å². The number of hydrogen-bond acceptors (Lipinski definition) is 9. The number of allylic oxidation sites excluding steroid dienone is 1. The monoisotopic (exact) mass is 697 g/mol. The van der Waals surface area contributed by atoms with Crippen molar-refractivity contribution in [2.75, 3.05) is 13.7 Å². The summed E-state index contributed by atoms with van der Waals surface area (Å²) in [5.41, 5.74) is -2.09. The van der Waals surface area contributed by atoms with Crippen LogP contribution in [-0.2, 0) is 38.2 Å². The van der Waals surface area contributed by atoms with Gasteiger partial charge in [0.25, 0.3) is 10.1 Å². The van der Waals surface area contributed by atoms with Gasteiger partial charge in [0.1, 0.15) is 23.2 Å². The van der Waals surface area contributed by atoms with Crippen LogP contribution >= 0.6 is 15.9 Å². The average molecular weight is 699 g/mol. The van der Waals surface area contributed by atoms with Crippen molar-refractivity contribution >= 4 is 49.9 Å². The molecule has 0 spiro atoms. The van der Waals surface area contributed by atoms with Gasteiger partial charge in [-0.25, -0.2) is 9.59 Å². The van der Waals surface area contributed by atoms with Crippen LogP contribution in [0.3, 0.4) is 0 Å². The third kappa shape index (κ3) is 8.19. The van der Waals surface area contributed by atoms with Gasteiger partial charge in [0.2, 0.25) is 11.8 Å². The molecule has 0 aromatic heterocycles. The fourth-order valence-electron chi connectivity index (χ4n) is 5.59. The van der Waals surface area contributed by atoms with Crippen LogP contribution in [0.5, 0.6) is 0 Å². The Morgan fingerprint density at radius 1 is 1.11 bits per heavy atom. The van der Waals surface area contributed by atoms with Crippen molar-refractivity contribution in [3.63, 3.8) is 0 Å². The van der Waals surface area contributed by atoms with Crippen molar-refractivity contribution in [3.8, 4) is 0 Å². The number of nitrogens with one attached hydrogen (secondary N) is 2. The maximum Gasteiger partial charge on any atom is 0.408 e. The molecule has 1 aliphatic carbocycles. The molecular formula is C30H40BrN3O9S. The Bertz CT molecular complexity index is 1390. The minimum Gasteiger partial charge on any atom is -0.467 e. The number of methoxy groups -OCH3 is 1. The van der Waals surface area contributed by atoms with E-state index in [1.54, 1.807) is 32.9 Å². The van der Waals surface area contributed by atoms with Crippen LogP contribution in [0.15, 0.2) is 45.8 Å². The number of nitrogens with zero attached hydrogens (tertiary/aromatic N) is 1. The zero-order valence-corrected chi connectivity index (χ0v) is 27.7. The van der Waals surface area contributed by atoms with Gasteiger partial charge in [-0.2, -0.15) is 8.42 Å². The lowest BCUT2D eigenvalue weighted by Crippen LogP contribution is -2.56. The Morgan fingerprint density at radius 3 is 2.48 bits per heavy atom. The fraction of sp³-hybridized carbons (Fsp3) is 0.600. The molecule has 2 heterocycles. The molecule has 14 heteroatoms. The van der Waals surface area contributed by atoms with E-state index in [0.29, 0.717) is 17.3 Å². The highest BCUT2D eigenvalue weighted by atomic mass is 79.9. The highest BCUT2D eigenvalue weighted by Gasteiger charge is 2.62. The van der Waals surface area contributed by atoms with Gasteiger partial charge >= 0.3 is 12.1 Å². The van der Waals surface area contributed by atoms with Gasteiger partial charge in [0.05, 0.1) is 18.1 Å². The Kier molecular flexibility index (Phi) is 10.5. The number of carbonyl (C=O) groups is 4. The van der Waals surface area contributed by atoms with Crippen LogP contribution in [0.2, 0.25) is 0 Å². The van der Waals surface area contributed by atoms with Crippen LogP contribution in [0.1, 0.15) is 65.7 Å². The summed E-state index contributed by atoms with van der Waals surface area (Å²) in [6, 6.07) is 3.68. The van der Waals surface area contributed by atoms with E-state index in [0.717, 1.165) is 19.3 Å². The van der Waals surface area contributed by atoms with Crippen LogP contribution in [-0.4, -0.2) is 80.2 Å². The van der Waals surface area contributed by atoms with Gasteiger partial charge in [0.15, 0.2) is 0 Å². The second-order valence-electron chi connectivity index (χ2n) is 12.4. The number of hydrogen-bond donors (Lipinski definition) is 2. The number of halogens is 1. The van der Waals surface area contributed by atoms with E-state index >= 15 is 0 Å². The molecule has 1 aromatic carbocycles. The molecule has 242 valence electrons. The van der Waals surface area contributed by atoms with E-state index in [4.69, 9.17) is 13.7 Å². The number of fused-ring (bicyclic) bond motifs is 2. The highest BCUT2D eigenvalue weighted by molar-refractivity contribution is 9.10. The number of alkyl carbamates (subject to hydrolysis) is 1. The third-order valence-electron chi connectivity index (χ3n) is 7.85. The number of ether oxygens (including phenoxy) is 2. The molecule has 3 amide bonds. The lowest BCUT2D eigenvalue weighted by atomic mass is 10.0. The first kappa shape index (κ1) is 33.9. The predicted octanol–water partition coefficient (Wildman–Crippen LogP) is 3.59. The van der Waals surface area contributed by atoms with Gasteiger partial charge in [0, 0.05) is 23.4 Å². The lowest BCUT2D eigenvalue weighted by Gasteiger charge is -2.30. The third-order valence-corrected chi connectivity index (χ3v) is 9.75. The highest BCUT2D eigenvalue weighted by Crippen LogP contribution is 2.46. The number of benzene rings is 1. The molecule has 2 aliphatic heterocycles. The van der Waals surface area contributed by atoms with Gasteiger partial charge in [-0.3, -0.25) is 13.8 Å². The quantitative estimate of drug-likeness (QED) is 0.267. The van der Waals surface area contributed by atoms with Crippen molar-refractivity contribution in [1.82, 2.24) is 15.5 Å². The minimum absolute atomic E-state index is 0.0809. The summed E-state index contributed by atoms with van der Waals surface area (Å²) in [5.74, 6) is -2.09. The van der Waals surface area contributed by atoms with E-state index in [1.807, 2.05) is 12.2 Å². The minimum atomic E-state index is -4.24. The molecule has 5 atom stereocenters. The maximum atomic E-state index is 14.1. The molecule has 44 heavy (non-hydrogen) atoms. The number of rotatable bonds is 5. The summed E-state index contributed by atoms with van der Waals surface area (Å²) in [6.45, 7) is 4.88. The molecule has 1 saturated carbocycles. The molecule has 2 fully saturated rings. The summed E-state index contributed by atoms with van der Waals surface area (Å²) in [7, 11) is -3.00. The number of amides is 3. The van der Waals surface area contributed by atoms with Crippen molar-refractivity contribution in [3.05, 3.63) is 40.9 Å². The molecular weight excluding hydrogens is 658 g/mol. The normalized spacial score (nSPS) is 28.8. The topological polar surface area (TPSA) is 157 Å². The summed E-state index contributed by atoms with van der Waals surface area (Å²) in [6.07, 6.45) is 5.45. The van der Waals surface area contributed by atoms with E-state index in [2.05, 4.69) is 26.6 Å². The molecule has 1 aromatic rings. The molecule has 0 unspecified atom stereocenters. The summed E-state index contributed by atoms with van der Waals surface area (Å²) >= 11 is 3.27. The van der Waals surface area contributed by atoms with Gasteiger partial charge < -0.3 is 25.0 Å². The molecule has 0 radical (unpaired) electrons. The van der Waals surface area contributed by atoms with E-state index in [1.165, 1.54) is 24.1 Å². The van der Waals surface area contributed by atoms with E-state index < -0.39 is 63.3 Å². The van der Waals surface area contributed by atoms with Crippen molar-refractivity contribution < 1.29 is 41.3 Å². The Morgan fingerprint density at radius 2 is 1.82 bits per heavy atom. The predicted molar refractivity (Wildman–Crippen MR) is 163 cm³/mol. The van der Waals surface area contributed by atoms with Gasteiger partial charge in [-0.05, 0) is 70.7 Å². The fourth-order valence-corrected chi connectivity index (χ4v) is 6.93. The summed E-state index contributed by atoms with van der Waals surface area (Å²) in [4.78, 5) is 54.6. The molecule has 2 N–H and O–H groups in total. The Labute approximate surface area is 266 Å². The standard InChI is InChI=1S/C30H40BrN3O9S/c1-29(2,3)42-28(38)32-23-11-9-7-5-6-8-10-19-17-30(19,27(37)41-4)33-25(35)24-16-21(18-34(24)26(23)36)43-44(39,40)22-14-12-20(31)13-15-22/h8,10,12-15,19,21,23-24H,5-7,9,11,16-18H2,1-4H3,(H,32,38)(H,33,35)/b10-8-/t19-,21+,23+,24+,30-/m1/s1. The van der Waals surface area contributed by atoms with Crippen molar-refractivity contribution in [1.29, 1.82) is 0 Å². The zero-order chi connectivity index (χ0) is 32.3. The average Bonchev–Trinajstić information content (AvgIpc) is 3.47. The van der Waals surface area contributed by atoms with E-state index in [9.17, 15) is 27.6 Å². The second-order valence-corrected chi connectivity index (χ2v) is 14.9. The lowest BCUT2D eigenvalue weighted by molar-refractivity contribution is -0.148. The SMILES string of the molecule is COC(=O)[C@@]12C[C@H]1/C=C\CCCCC[C@H](NC(=O)OC(C)(C)C)C(=O)N1C[C@@H](OS(=O)(=O)c3ccc(Br)cc3)C[C@H]1C(=O)N2. The summed E-state index contributed by atoms with van der Waals surface area (Å²) in [5, 5.41) is 5.46. The summed E-state index contributed by atoms with van der Waals surface area (Å²) < 4.78 is 42.9. The first-order valence-electron chi connectivity index (χ1n) is 14.7. The molecule has 0 bridgehead atoms. The molecule has 4 rings (SSSR count). The Balaban J connectivity index is 1.64. The largest absolute Gasteiger partial charge is 0.467 e. The van der Waals surface area contributed by atoms with Crippen molar-refractivity contribution in [2.24, 2.45) is 5.92 Å².